The fourth-order valence-corrected chi connectivity index (χ4v) is 4.10. The van der Waals surface area contributed by atoms with E-state index in [4.69, 9.17) is 9.47 Å². The van der Waals surface area contributed by atoms with Gasteiger partial charge in [-0.2, -0.15) is 0 Å². The molecule has 27 heavy (non-hydrogen) atoms. The van der Waals surface area contributed by atoms with Gasteiger partial charge in [-0.1, -0.05) is 43.7 Å². The number of amides is 1. The van der Waals surface area contributed by atoms with Crippen LogP contribution in [-0.4, -0.2) is 31.3 Å². The van der Waals surface area contributed by atoms with Crippen molar-refractivity contribution in [2.75, 3.05) is 13.2 Å². The molecule has 1 fully saturated rings. The minimum atomic E-state index is -0.504. The third-order valence-corrected chi connectivity index (χ3v) is 5.83. The van der Waals surface area contributed by atoms with E-state index in [0.29, 0.717) is 6.61 Å². The minimum absolute atomic E-state index is 0.0935. The van der Waals surface area contributed by atoms with Crippen LogP contribution in [0.1, 0.15) is 55.2 Å². The van der Waals surface area contributed by atoms with Crippen molar-refractivity contribution in [1.29, 1.82) is 0 Å². The highest BCUT2D eigenvalue weighted by molar-refractivity contribution is 7.10. The van der Waals surface area contributed by atoms with Crippen LogP contribution in [0.25, 0.3) is 0 Å². The number of hydrogen-bond acceptors (Lipinski definition) is 4. The molecule has 4 nitrogen and oxygen atoms in total. The van der Waals surface area contributed by atoms with Gasteiger partial charge in [0.2, 0.25) is 5.91 Å². The Morgan fingerprint density at radius 3 is 2.78 bits per heavy atom. The zero-order chi connectivity index (χ0) is 19.1. The number of rotatable bonds is 9. The maximum atomic E-state index is 12.7. The molecule has 146 valence electrons. The Labute approximate surface area is 165 Å². The van der Waals surface area contributed by atoms with E-state index in [1.165, 1.54) is 5.56 Å². The summed E-state index contributed by atoms with van der Waals surface area (Å²) < 4.78 is 11.3. The first kappa shape index (κ1) is 20.1. The summed E-state index contributed by atoms with van der Waals surface area (Å²) in [5.74, 6) is -0.0935. The van der Waals surface area contributed by atoms with Crippen LogP contribution in [0.3, 0.4) is 0 Å². The Morgan fingerprint density at radius 2 is 2.15 bits per heavy atom. The van der Waals surface area contributed by atoms with Crippen LogP contribution in [0.15, 0.2) is 41.8 Å². The number of benzene rings is 1. The van der Waals surface area contributed by atoms with Gasteiger partial charge in [0.05, 0.1) is 18.8 Å². The van der Waals surface area contributed by atoms with Crippen LogP contribution in [0.5, 0.6) is 0 Å². The van der Waals surface area contributed by atoms with Crippen molar-refractivity contribution >= 4 is 17.2 Å². The summed E-state index contributed by atoms with van der Waals surface area (Å²) in [5, 5.41) is 5.21. The summed E-state index contributed by atoms with van der Waals surface area (Å²) in [4.78, 5) is 13.8. The molecule has 5 heteroatoms. The summed E-state index contributed by atoms with van der Waals surface area (Å²) >= 11 is 1.65. The van der Waals surface area contributed by atoms with Gasteiger partial charge in [0.15, 0.2) is 0 Å². The molecule has 3 atom stereocenters. The Balaban J connectivity index is 1.65. The van der Waals surface area contributed by atoms with Gasteiger partial charge in [-0.05, 0) is 48.8 Å². The summed E-state index contributed by atoms with van der Waals surface area (Å²) in [6.45, 7) is 5.26. The normalized spacial score (nSPS) is 19.0. The highest BCUT2D eigenvalue weighted by atomic mass is 32.1. The van der Waals surface area contributed by atoms with Crippen molar-refractivity contribution in [3.63, 3.8) is 0 Å². The molecule has 1 saturated heterocycles. The van der Waals surface area contributed by atoms with Gasteiger partial charge in [-0.15, -0.1) is 11.3 Å². The average Bonchev–Trinajstić information content (AvgIpc) is 3.39. The molecule has 1 aliphatic rings. The summed E-state index contributed by atoms with van der Waals surface area (Å²) in [6, 6.07) is 12.5. The fourth-order valence-electron chi connectivity index (χ4n) is 3.30. The molecule has 1 aliphatic heterocycles. The van der Waals surface area contributed by atoms with Crippen LogP contribution < -0.4 is 5.32 Å². The molecule has 2 heterocycles. The largest absolute Gasteiger partial charge is 0.376 e. The smallest absolute Gasteiger partial charge is 0.249 e. The molecule has 0 spiro atoms. The maximum Gasteiger partial charge on any atom is 0.249 e. The first-order valence-electron chi connectivity index (χ1n) is 9.83. The molecule has 0 radical (unpaired) electrons. The minimum Gasteiger partial charge on any atom is -0.376 e. The van der Waals surface area contributed by atoms with E-state index in [1.54, 1.807) is 18.3 Å². The highest BCUT2D eigenvalue weighted by Gasteiger charge is 2.23. The Kier molecular flexibility index (Phi) is 7.44. The van der Waals surface area contributed by atoms with Gasteiger partial charge >= 0.3 is 0 Å². The molecule has 0 aliphatic carbocycles. The summed E-state index contributed by atoms with van der Waals surface area (Å²) in [6.07, 6.45) is 3.91. The van der Waals surface area contributed by atoms with Crippen molar-refractivity contribution < 1.29 is 14.3 Å². The molecule has 1 aromatic carbocycles. The van der Waals surface area contributed by atoms with Crippen molar-refractivity contribution in [2.24, 2.45) is 0 Å². The fraction of sp³-hybridized carbons (Fsp3) is 0.500. The Morgan fingerprint density at radius 1 is 1.33 bits per heavy atom. The van der Waals surface area contributed by atoms with Gasteiger partial charge in [0, 0.05) is 11.5 Å². The van der Waals surface area contributed by atoms with Crippen molar-refractivity contribution in [3.05, 3.63) is 57.8 Å². The second-order valence-corrected chi connectivity index (χ2v) is 8.04. The van der Waals surface area contributed by atoms with Crippen LogP contribution >= 0.6 is 11.3 Å². The third-order valence-electron chi connectivity index (χ3n) is 4.89. The van der Waals surface area contributed by atoms with E-state index >= 15 is 0 Å². The van der Waals surface area contributed by atoms with Gasteiger partial charge in [0.25, 0.3) is 0 Å². The predicted octanol–water partition coefficient (Wildman–Crippen LogP) is 4.49. The Hall–Kier alpha value is -1.69. The Bertz CT molecular complexity index is 693. The van der Waals surface area contributed by atoms with Crippen LogP contribution in [0, 0.1) is 0 Å². The van der Waals surface area contributed by atoms with Crippen LogP contribution in [-0.2, 0) is 20.7 Å². The average molecular weight is 388 g/mol. The number of hydrogen-bond donors (Lipinski definition) is 1. The standard InChI is InChI=1S/C22H29NO3S/c1-3-6-17-9-11-18(12-10-17)21(20-8-5-14-27-20)23-22(24)16(2)26-15-19-7-4-13-25-19/h5,8-12,14,16,19,21H,3-4,6-7,13,15H2,1-2H3,(H,23,24)/t16-,19-,21-/m0/s1. The van der Waals surface area contributed by atoms with E-state index in [9.17, 15) is 4.79 Å². The SMILES string of the molecule is CCCc1ccc([C@H](NC(=O)[C@H](C)OC[C@@H]2CCCO2)c2cccs2)cc1. The zero-order valence-corrected chi connectivity index (χ0v) is 17.0. The van der Waals surface area contributed by atoms with Crippen molar-refractivity contribution in [3.8, 4) is 0 Å². The molecule has 0 bridgehead atoms. The van der Waals surface area contributed by atoms with Gasteiger partial charge in [0.1, 0.15) is 6.10 Å². The number of aryl methyl sites for hydroxylation is 1. The molecule has 2 aromatic rings. The first-order valence-corrected chi connectivity index (χ1v) is 10.7. The van der Waals surface area contributed by atoms with E-state index in [1.807, 2.05) is 11.4 Å². The topological polar surface area (TPSA) is 47.6 Å². The molecule has 1 amide bonds. The van der Waals surface area contributed by atoms with Crippen molar-refractivity contribution in [2.45, 2.75) is 57.8 Å². The molecule has 1 aromatic heterocycles. The monoisotopic (exact) mass is 387 g/mol. The van der Waals surface area contributed by atoms with Crippen LogP contribution in [0.2, 0.25) is 0 Å². The van der Waals surface area contributed by atoms with E-state index < -0.39 is 6.10 Å². The zero-order valence-electron chi connectivity index (χ0n) is 16.1. The second kappa shape index (κ2) is 10.0. The number of carbonyl (C=O) groups excluding carboxylic acids is 1. The lowest BCUT2D eigenvalue weighted by Crippen LogP contribution is -2.38. The molecule has 1 N–H and O–H groups in total. The van der Waals surface area contributed by atoms with E-state index in [2.05, 4.69) is 42.6 Å². The van der Waals surface area contributed by atoms with Gasteiger partial charge < -0.3 is 14.8 Å². The van der Waals surface area contributed by atoms with Crippen LogP contribution in [0.4, 0.5) is 0 Å². The lowest BCUT2D eigenvalue weighted by molar-refractivity contribution is -0.134. The molecule has 0 saturated carbocycles. The summed E-state index contributed by atoms with van der Waals surface area (Å²) in [5.41, 5.74) is 2.42. The molecular formula is C22H29NO3S. The maximum absolute atomic E-state index is 12.7. The number of carbonyl (C=O) groups is 1. The number of nitrogens with one attached hydrogen (secondary N) is 1. The van der Waals surface area contributed by atoms with E-state index in [0.717, 1.165) is 42.7 Å². The third kappa shape index (κ3) is 5.64. The highest BCUT2D eigenvalue weighted by Crippen LogP contribution is 2.27. The lowest BCUT2D eigenvalue weighted by atomic mass is 10.0. The predicted molar refractivity (Wildman–Crippen MR) is 109 cm³/mol. The van der Waals surface area contributed by atoms with Gasteiger partial charge in [-0.25, -0.2) is 0 Å². The van der Waals surface area contributed by atoms with Gasteiger partial charge in [-0.3, -0.25) is 4.79 Å². The molecular weight excluding hydrogens is 358 g/mol. The molecule has 3 rings (SSSR count). The van der Waals surface area contributed by atoms with E-state index in [-0.39, 0.29) is 18.1 Å². The first-order chi connectivity index (χ1) is 13.2. The quantitative estimate of drug-likeness (QED) is 0.690. The van der Waals surface area contributed by atoms with Crippen molar-refractivity contribution in [1.82, 2.24) is 5.32 Å². The lowest BCUT2D eigenvalue weighted by Gasteiger charge is -2.22. The number of ether oxygens (including phenoxy) is 2. The molecule has 0 unspecified atom stereocenters. The summed E-state index contributed by atoms with van der Waals surface area (Å²) in [7, 11) is 0. The number of thiophene rings is 1. The second-order valence-electron chi connectivity index (χ2n) is 7.06.